The summed E-state index contributed by atoms with van der Waals surface area (Å²) in [5.41, 5.74) is 7.36. The van der Waals surface area contributed by atoms with Gasteiger partial charge in [-0.3, -0.25) is 0 Å². The third kappa shape index (κ3) is 2.47. The van der Waals surface area contributed by atoms with E-state index in [4.69, 9.17) is 5.73 Å². The molecule has 0 saturated carbocycles. The number of benzene rings is 1. The fraction of sp³-hybridized carbons (Fsp3) is 0.250. The lowest BCUT2D eigenvalue weighted by molar-refractivity contribution is 0.578. The molecule has 2 heterocycles. The van der Waals surface area contributed by atoms with Crippen LogP contribution in [0.2, 0.25) is 0 Å². The SMILES string of the molecule is CCn1ncnc1CS(=O)(=O)c1nc2ccc(N)cc2[nH]1. The van der Waals surface area contributed by atoms with Gasteiger partial charge < -0.3 is 10.7 Å². The van der Waals surface area contributed by atoms with Crippen molar-refractivity contribution in [3.63, 3.8) is 0 Å². The van der Waals surface area contributed by atoms with E-state index < -0.39 is 9.84 Å². The third-order valence-corrected chi connectivity index (χ3v) is 4.51. The molecule has 21 heavy (non-hydrogen) atoms. The van der Waals surface area contributed by atoms with Gasteiger partial charge in [-0.15, -0.1) is 0 Å². The number of sulfone groups is 1. The number of aromatic nitrogens is 5. The Morgan fingerprint density at radius 1 is 1.38 bits per heavy atom. The van der Waals surface area contributed by atoms with E-state index in [1.165, 1.54) is 11.0 Å². The lowest BCUT2D eigenvalue weighted by Gasteiger charge is -2.02. The number of nitrogen functional groups attached to an aromatic ring is 1. The number of hydrogen-bond donors (Lipinski definition) is 2. The number of aryl methyl sites for hydroxylation is 1. The molecule has 0 aliphatic heterocycles. The molecule has 9 heteroatoms. The molecule has 0 fully saturated rings. The minimum Gasteiger partial charge on any atom is -0.399 e. The van der Waals surface area contributed by atoms with Crippen molar-refractivity contribution in [2.45, 2.75) is 24.4 Å². The van der Waals surface area contributed by atoms with Crippen molar-refractivity contribution >= 4 is 26.6 Å². The summed E-state index contributed by atoms with van der Waals surface area (Å²) in [5, 5.41) is 3.87. The zero-order valence-electron chi connectivity index (χ0n) is 11.3. The van der Waals surface area contributed by atoms with Crippen LogP contribution in [0.1, 0.15) is 12.7 Å². The van der Waals surface area contributed by atoms with Crippen LogP contribution in [0.4, 0.5) is 5.69 Å². The van der Waals surface area contributed by atoms with Crippen molar-refractivity contribution in [2.24, 2.45) is 0 Å². The fourth-order valence-corrected chi connectivity index (χ4v) is 3.26. The molecule has 110 valence electrons. The summed E-state index contributed by atoms with van der Waals surface area (Å²) in [6.45, 7) is 2.43. The van der Waals surface area contributed by atoms with Gasteiger partial charge in [0.2, 0.25) is 15.0 Å². The second-order valence-corrected chi connectivity index (χ2v) is 6.47. The molecule has 0 unspecified atom stereocenters. The second-order valence-electron chi connectivity index (χ2n) is 4.57. The van der Waals surface area contributed by atoms with Gasteiger partial charge in [-0.1, -0.05) is 0 Å². The number of hydrogen-bond acceptors (Lipinski definition) is 6. The number of nitrogens with two attached hydrogens (primary N) is 1. The number of rotatable bonds is 4. The Morgan fingerprint density at radius 2 is 2.19 bits per heavy atom. The summed E-state index contributed by atoms with van der Waals surface area (Å²) in [7, 11) is -3.62. The van der Waals surface area contributed by atoms with Gasteiger partial charge >= 0.3 is 0 Å². The molecular formula is C12H14N6O2S. The molecule has 0 atom stereocenters. The standard InChI is InChI=1S/C12H14N6O2S/c1-2-18-11(14-7-15-18)6-21(19,20)12-16-9-4-3-8(13)5-10(9)17-12/h3-5,7H,2,6,13H2,1H3,(H,16,17). The quantitative estimate of drug-likeness (QED) is 0.686. The molecular weight excluding hydrogens is 292 g/mol. The predicted molar refractivity (Wildman–Crippen MR) is 77.1 cm³/mol. The maximum absolute atomic E-state index is 12.4. The van der Waals surface area contributed by atoms with Crippen LogP contribution in [-0.4, -0.2) is 33.2 Å². The number of aromatic amines is 1. The summed E-state index contributed by atoms with van der Waals surface area (Å²) in [6.07, 6.45) is 1.34. The molecule has 3 aromatic rings. The van der Waals surface area contributed by atoms with Gasteiger partial charge in [-0.25, -0.2) is 23.1 Å². The molecule has 0 amide bonds. The zero-order valence-corrected chi connectivity index (χ0v) is 12.1. The number of nitrogens with one attached hydrogen (secondary N) is 1. The Labute approximate surface area is 120 Å². The topological polar surface area (TPSA) is 120 Å². The first kappa shape index (κ1) is 13.6. The highest BCUT2D eigenvalue weighted by Crippen LogP contribution is 2.19. The van der Waals surface area contributed by atoms with E-state index in [2.05, 4.69) is 20.1 Å². The molecule has 1 aromatic carbocycles. The molecule has 0 spiro atoms. The average Bonchev–Trinajstić information content (AvgIpc) is 3.04. The number of anilines is 1. The monoisotopic (exact) mass is 306 g/mol. The van der Waals surface area contributed by atoms with E-state index in [0.717, 1.165) is 0 Å². The molecule has 0 aliphatic carbocycles. The van der Waals surface area contributed by atoms with Crippen molar-refractivity contribution in [1.29, 1.82) is 0 Å². The van der Waals surface area contributed by atoms with Crippen molar-refractivity contribution in [2.75, 3.05) is 5.73 Å². The highest BCUT2D eigenvalue weighted by Gasteiger charge is 2.22. The van der Waals surface area contributed by atoms with Gasteiger partial charge in [-0.05, 0) is 25.1 Å². The van der Waals surface area contributed by atoms with E-state index in [1.807, 2.05) is 6.92 Å². The summed E-state index contributed by atoms with van der Waals surface area (Å²) >= 11 is 0. The van der Waals surface area contributed by atoms with Crippen LogP contribution >= 0.6 is 0 Å². The second kappa shape index (κ2) is 4.85. The van der Waals surface area contributed by atoms with Crippen LogP contribution in [0.3, 0.4) is 0 Å². The zero-order chi connectivity index (χ0) is 15.0. The van der Waals surface area contributed by atoms with Crippen molar-refractivity contribution in [3.8, 4) is 0 Å². The van der Waals surface area contributed by atoms with Crippen molar-refractivity contribution in [1.82, 2.24) is 24.7 Å². The van der Waals surface area contributed by atoms with E-state index >= 15 is 0 Å². The molecule has 0 saturated heterocycles. The average molecular weight is 306 g/mol. The predicted octanol–water partition coefficient (Wildman–Crippen LogP) is 0.730. The van der Waals surface area contributed by atoms with Gasteiger partial charge in [0.25, 0.3) is 0 Å². The van der Waals surface area contributed by atoms with E-state index in [1.54, 1.807) is 18.2 Å². The third-order valence-electron chi connectivity index (χ3n) is 3.09. The Hall–Kier alpha value is -2.42. The molecule has 0 radical (unpaired) electrons. The highest BCUT2D eigenvalue weighted by molar-refractivity contribution is 7.90. The Kier molecular flexibility index (Phi) is 3.13. The summed E-state index contributed by atoms with van der Waals surface area (Å²) < 4.78 is 26.4. The maximum atomic E-state index is 12.4. The van der Waals surface area contributed by atoms with Crippen molar-refractivity contribution in [3.05, 3.63) is 30.4 Å². The number of H-pyrrole nitrogens is 1. The molecule has 3 rings (SSSR count). The van der Waals surface area contributed by atoms with Gasteiger partial charge in [0.1, 0.15) is 17.9 Å². The van der Waals surface area contributed by atoms with Crippen LogP contribution in [0, 0.1) is 0 Å². The number of nitrogens with zero attached hydrogens (tertiary/aromatic N) is 4. The smallest absolute Gasteiger partial charge is 0.226 e. The molecule has 0 aliphatic rings. The van der Waals surface area contributed by atoms with Crippen LogP contribution in [0.25, 0.3) is 11.0 Å². The number of fused-ring (bicyclic) bond motifs is 1. The van der Waals surface area contributed by atoms with Gasteiger partial charge in [0.05, 0.1) is 11.0 Å². The first-order valence-corrected chi connectivity index (χ1v) is 7.99. The summed E-state index contributed by atoms with van der Waals surface area (Å²) in [5.74, 6) is 0.133. The largest absolute Gasteiger partial charge is 0.399 e. The fourth-order valence-electron chi connectivity index (χ4n) is 2.05. The van der Waals surface area contributed by atoms with Crippen molar-refractivity contribution < 1.29 is 8.42 Å². The van der Waals surface area contributed by atoms with Crippen LogP contribution in [0.15, 0.2) is 29.7 Å². The van der Waals surface area contributed by atoms with E-state index in [-0.39, 0.29) is 10.9 Å². The molecule has 3 N–H and O–H groups in total. The minimum absolute atomic E-state index is 0.0891. The first-order chi connectivity index (χ1) is 9.99. The van der Waals surface area contributed by atoms with Crippen LogP contribution in [-0.2, 0) is 22.1 Å². The molecule has 8 nitrogen and oxygen atoms in total. The maximum Gasteiger partial charge on any atom is 0.226 e. The Morgan fingerprint density at radius 3 is 2.95 bits per heavy atom. The Balaban J connectivity index is 2.00. The van der Waals surface area contributed by atoms with Gasteiger partial charge in [0, 0.05) is 12.2 Å². The molecule has 0 bridgehead atoms. The lowest BCUT2D eigenvalue weighted by atomic mass is 10.3. The highest BCUT2D eigenvalue weighted by atomic mass is 32.2. The first-order valence-electron chi connectivity index (χ1n) is 6.34. The van der Waals surface area contributed by atoms with Crippen LogP contribution < -0.4 is 5.73 Å². The van der Waals surface area contributed by atoms with Crippen LogP contribution in [0.5, 0.6) is 0 Å². The van der Waals surface area contributed by atoms with E-state index in [0.29, 0.717) is 29.1 Å². The molecule has 2 aromatic heterocycles. The Bertz CT molecular complexity index is 896. The van der Waals surface area contributed by atoms with E-state index in [9.17, 15) is 8.42 Å². The van der Waals surface area contributed by atoms with Gasteiger partial charge in [-0.2, -0.15) is 5.10 Å². The minimum atomic E-state index is -3.62. The summed E-state index contributed by atoms with van der Waals surface area (Å²) in [6, 6.07) is 5.00. The normalized spacial score (nSPS) is 12.0. The number of imidazole rings is 1. The summed E-state index contributed by atoms with van der Waals surface area (Å²) in [4.78, 5) is 10.9. The lowest BCUT2D eigenvalue weighted by Crippen LogP contribution is -2.12. The van der Waals surface area contributed by atoms with Gasteiger partial charge in [0.15, 0.2) is 0 Å².